The fourth-order valence-corrected chi connectivity index (χ4v) is 6.58. The molecule has 2 heterocycles. The first-order valence-electron chi connectivity index (χ1n) is 10.5. The second kappa shape index (κ2) is 8.41. The third-order valence-corrected chi connectivity index (χ3v) is 8.52. The van der Waals surface area contributed by atoms with Crippen molar-refractivity contribution in [2.75, 3.05) is 16.2 Å². The number of anilines is 3. The molecule has 5 nitrogen and oxygen atoms in total. The maximum atomic E-state index is 13.2. The van der Waals surface area contributed by atoms with Crippen molar-refractivity contribution in [1.82, 2.24) is 4.98 Å². The van der Waals surface area contributed by atoms with Crippen molar-refractivity contribution in [3.8, 4) is 10.4 Å². The Bertz CT molecular complexity index is 1350. The molecule has 0 saturated heterocycles. The van der Waals surface area contributed by atoms with Crippen LogP contribution in [-0.4, -0.2) is 19.9 Å². The summed E-state index contributed by atoms with van der Waals surface area (Å²) in [6.07, 6.45) is 1.65. The number of aryl methyl sites for hydroxylation is 2. The Hall–Kier alpha value is -3.16. The van der Waals surface area contributed by atoms with E-state index in [4.69, 9.17) is 0 Å². The minimum atomic E-state index is -3.58. The van der Waals surface area contributed by atoms with Gasteiger partial charge in [-0.3, -0.25) is 4.31 Å². The maximum Gasteiger partial charge on any atom is 0.264 e. The van der Waals surface area contributed by atoms with E-state index in [0.29, 0.717) is 11.4 Å². The molecule has 1 aromatic heterocycles. The van der Waals surface area contributed by atoms with Crippen molar-refractivity contribution in [2.24, 2.45) is 0 Å². The summed E-state index contributed by atoms with van der Waals surface area (Å²) < 4.78 is 28.0. The Labute approximate surface area is 192 Å². The van der Waals surface area contributed by atoms with E-state index in [-0.39, 0.29) is 0 Å². The van der Waals surface area contributed by atoms with E-state index in [1.807, 2.05) is 55.5 Å². The lowest BCUT2D eigenvalue weighted by molar-refractivity contribution is 0.586. The normalized spacial score (nSPS) is 13.6. The lowest BCUT2D eigenvalue weighted by Crippen LogP contribution is -2.35. The number of hydrogen-bond donors (Lipinski definition) is 1. The molecule has 7 heteroatoms. The van der Waals surface area contributed by atoms with Crippen LogP contribution in [0.3, 0.4) is 0 Å². The van der Waals surface area contributed by atoms with Gasteiger partial charge in [-0.2, -0.15) is 0 Å². The van der Waals surface area contributed by atoms with Gasteiger partial charge in [0.25, 0.3) is 10.0 Å². The molecule has 0 atom stereocenters. The number of nitrogens with one attached hydrogen (secondary N) is 1. The summed E-state index contributed by atoms with van der Waals surface area (Å²) in [4.78, 5) is 6.11. The molecule has 4 aromatic rings. The van der Waals surface area contributed by atoms with Crippen molar-refractivity contribution in [3.05, 3.63) is 90.1 Å². The number of rotatable bonds is 5. The second-order valence-electron chi connectivity index (χ2n) is 7.76. The van der Waals surface area contributed by atoms with Gasteiger partial charge in [0.1, 0.15) is 0 Å². The third kappa shape index (κ3) is 3.89. The molecule has 0 spiro atoms. The van der Waals surface area contributed by atoms with Crippen LogP contribution in [0.2, 0.25) is 0 Å². The van der Waals surface area contributed by atoms with Crippen molar-refractivity contribution in [2.45, 2.75) is 24.7 Å². The Kier molecular flexibility index (Phi) is 5.45. The quantitative estimate of drug-likeness (QED) is 0.396. The highest BCUT2D eigenvalue weighted by molar-refractivity contribution is 7.92. The van der Waals surface area contributed by atoms with E-state index >= 15 is 0 Å². The van der Waals surface area contributed by atoms with E-state index < -0.39 is 10.0 Å². The van der Waals surface area contributed by atoms with Gasteiger partial charge in [-0.05, 0) is 67.3 Å². The molecule has 1 aliphatic heterocycles. The van der Waals surface area contributed by atoms with Gasteiger partial charge < -0.3 is 5.32 Å². The molecule has 0 saturated carbocycles. The predicted molar refractivity (Wildman–Crippen MR) is 131 cm³/mol. The Morgan fingerprint density at radius 1 is 0.969 bits per heavy atom. The molecule has 0 bridgehead atoms. The van der Waals surface area contributed by atoms with Crippen LogP contribution in [0.25, 0.3) is 10.4 Å². The van der Waals surface area contributed by atoms with Crippen LogP contribution in [0.5, 0.6) is 0 Å². The van der Waals surface area contributed by atoms with Gasteiger partial charge in [0.15, 0.2) is 5.13 Å². The van der Waals surface area contributed by atoms with Gasteiger partial charge in [-0.25, -0.2) is 13.4 Å². The molecule has 5 rings (SSSR count). The smallest absolute Gasteiger partial charge is 0.264 e. The first-order chi connectivity index (χ1) is 15.5. The van der Waals surface area contributed by atoms with Crippen LogP contribution < -0.4 is 9.62 Å². The topological polar surface area (TPSA) is 62.3 Å². The van der Waals surface area contributed by atoms with Gasteiger partial charge in [0.05, 0.1) is 21.2 Å². The van der Waals surface area contributed by atoms with E-state index in [0.717, 1.165) is 51.0 Å². The first-order valence-corrected chi connectivity index (χ1v) is 12.8. The van der Waals surface area contributed by atoms with Crippen LogP contribution in [0.15, 0.2) is 83.8 Å². The van der Waals surface area contributed by atoms with Crippen LogP contribution in [0, 0.1) is 6.92 Å². The molecule has 32 heavy (non-hydrogen) atoms. The number of fused-ring (bicyclic) bond motifs is 1. The largest absolute Gasteiger partial charge is 0.332 e. The Morgan fingerprint density at radius 3 is 2.44 bits per heavy atom. The molecular weight excluding hydrogens is 438 g/mol. The monoisotopic (exact) mass is 461 g/mol. The number of benzene rings is 3. The van der Waals surface area contributed by atoms with E-state index in [9.17, 15) is 8.42 Å². The summed E-state index contributed by atoms with van der Waals surface area (Å²) in [7, 11) is -3.58. The summed E-state index contributed by atoms with van der Waals surface area (Å²) in [5.41, 5.74) is 4.85. The van der Waals surface area contributed by atoms with E-state index in [2.05, 4.69) is 16.4 Å². The number of sulfonamides is 1. The van der Waals surface area contributed by atoms with Gasteiger partial charge in [0.2, 0.25) is 0 Å². The number of hydrogen-bond acceptors (Lipinski definition) is 5. The minimum Gasteiger partial charge on any atom is -0.332 e. The average molecular weight is 462 g/mol. The molecule has 3 aromatic carbocycles. The van der Waals surface area contributed by atoms with Gasteiger partial charge in [-0.1, -0.05) is 53.8 Å². The van der Waals surface area contributed by atoms with Crippen molar-refractivity contribution < 1.29 is 8.42 Å². The van der Waals surface area contributed by atoms with Gasteiger partial charge in [0, 0.05) is 12.2 Å². The highest BCUT2D eigenvalue weighted by Crippen LogP contribution is 2.39. The van der Waals surface area contributed by atoms with E-state index in [1.165, 1.54) is 0 Å². The van der Waals surface area contributed by atoms with Crippen molar-refractivity contribution in [3.63, 3.8) is 0 Å². The van der Waals surface area contributed by atoms with Gasteiger partial charge >= 0.3 is 0 Å². The summed E-state index contributed by atoms with van der Waals surface area (Å²) in [6.45, 7) is 2.50. The lowest BCUT2D eigenvalue weighted by atomic mass is 10.00. The maximum absolute atomic E-state index is 13.2. The molecule has 162 valence electrons. The standard InChI is InChI=1S/C25H23N3O2S2/c1-18-24(31-25(26-18)27-21-10-4-2-5-11-21)20-14-15-23-19(17-20)9-8-16-28(23)32(29,30)22-12-6-3-7-13-22/h2-7,10-15,17H,8-9,16H2,1H3,(H,26,27). The zero-order valence-electron chi connectivity index (χ0n) is 17.7. The molecule has 0 unspecified atom stereocenters. The molecular formula is C25H23N3O2S2. The number of aromatic nitrogens is 1. The SMILES string of the molecule is Cc1nc(Nc2ccccc2)sc1-c1ccc2c(c1)CCCN2S(=O)(=O)c1ccccc1. The fourth-order valence-electron chi connectivity index (χ4n) is 4.04. The Morgan fingerprint density at radius 2 is 1.69 bits per heavy atom. The molecule has 1 N–H and O–H groups in total. The zero-order valence-corrected chi connectivity index (χ0v) is 19.3. The second-order valence-corrected chi connectivity index (χ2v) is 10.6. The summed E-state index contributed by atoms with van der Waals surface area (Å²) in [6, 6.07) is 24.7. The summed E-state index contributed by atoms with van der Waals surface area (Å²) in [5.74, 6) is 0. The zero-order chi connectivity index (χ0) is 22.1. The molecule has 1 aliphatic rings. The van der Waals surface area contributed by atoms with Gasteiger partial charge in [-0.15, -0.1) is 0 Å². The van der Waals surface area contributed by atoms with Crippen LogP contribution >= 0.6 is 11.3 Å². The summed E-state index contributed by atoms with van der Waals surface area (Å²) >= 11 is 1.61. The fraction of sp³-hybridized carbons (Fsp3) is 0.160. The minimum absolute atomic E-state index is 0.326. The number of nitrogens with zero attached hydrogens (tertiary/aromatic N) is 2. The highest BCUT2D eigenvalue weighted by Gasteiger charge is 2.29. The van der Waals surface area contributed by atoms with E-state index in [1.54, 1.807) is 39.9 Å². The van der Waals surface area contributed by atoms with Crippen molar-refractivity contribution in [1.29, 1.82) is 0 Å². The molecule has 0 aliphatic carbocycles. The van der Waals surface area contributed by atoms with Crippen LogP contribution in [0.4, 0.5) is 16.5 Å². The van der Waals surface area contributed by atoms with Crippen molar-refractivity contribution >= 4 is 37.9 Å². The van der Waals surface area contributed by atoms with Crippen LogP contribution in [-0.2, 0) is 16.4 Å². The lowest BCUT2D eigenvalue weighted by Gasteiger charge is -2.30. The number of thiazole rings is 1. The molecule has 0 fully saturated rings. The number of para-hydroxylation sites is 1. The first kappa shape index (κ1) is 20.7. The molecule has 0 radical (unpaired) electrons. The highest BCUT2D eigenvalue weighted by atomic mass is 32.2. The third-order valence-electron chi connectivity index (χ3n) is 5.57. The summed E-state index contributed by atoms with van der Waals surface area (Å²) in [5, 5.41) is 4.20. The predicted octanol–water partition coefficient (Wildman–Crippen LogP) is 6.00. The molecule has 0 amide bonds. The Balaban J connectivity index is 1.47. The average Bonchev–Trinajstić information content (AvgIpc) is 3.19. The van der Waals surface area contributed by atoms with Crippen LogP contribution in [0.1, 0.15) is 17.7 Å².